The Kier molecular flexibility index (Phi) is 6.06. The van der Waals surface area contributed by atoms with Crippen LogP contribution in [0, 0.1) is 0 Å². The molecule has 6 nitrogen and oxygen atoms in total. The zero-order chi connectivity index (χ0) is 16.8. The number of carbonyl (C=O) groups excluding carboxylic acids is 1. The van der Waals surface area contributed by atoms with Crippen LogP contribution in [0.25, 0.3) is 0 Å². The molecule has 0 aliphatic rings. The standard InChI is InChI=1S/C15H16ClN3O3S/c1-2-3-10-7-13(21)19-15(17-10)23-8-14(22)18-11-6-9(16)4-5-12(11)20/h4-7,20H,2-3,8H2,1H3,(H,18,22)(H,17,19,21). The van der Waals surface area contributed by atoms with E-state index in [4.69, 9.17) is 11.6 Å². The molecule has 8 heteroatoms. The average Bonchev–Trinajstić information content (AvgIpc) is 2.49. The minimum absolute atomic E-state index is 0.0461. The first-order valence-electron chi connectivity index (χ1n) is 6.99. The number of aromatic amines is 1. The lowest BCUT2D eigenvalue weighted by molar-refractivity contribution is -0.113. The molecule has 0 saturated carbocycles. The van der Waals surface area contributed by atoms with E-state index in [9.17, 15) is 14.7 Å². The Balaban J connectivity index is 1.99. The van der Waals surface area contributed by atoms with Crippen LogP contribution in [-0.2, 0) is 11.2 Å². The molecule has 2 aromatic rings. The van der Waals surface area contributed by atoms with Crippen LogP contribution in [0.2, 0.25) is 5.02 Å². The van der Waals surface area contributed by atoms with Crippen LogP contribution >= 0.6 is 23.4 Å². The first-order valence-corrected chi connectivity index (χ1v) is 8.35. The summed E-state index contributed by atoms with van der Waals surface area (Å²) in [7, 11) is 0. The highest BCUT2D eigenvalue weighted by atomic mass is 35.5. The van der Waals surface area contributed by atoms with Crippen molar-refractivity contribution < 1.29 is 9.90 Å². The third-order valence-electron chi connectivity index (χ3n) is 2.85. The first-order chi connectivity index (χ1) is 11.0. The summed E-state index contributed by atoms with van der Waals surface area (Å²) in [5.41, 5.74) is 0.703. The number of phenols is 1. The van der Waals surface area contributed by atoms with Crippen LogP contribution in [0.15, 0.2) is 34.2 Å². The van der Waals surface area contributed by atoms with Crippen molar-refractivity contribution in [3.05, 3.63) is 45.3 Å². The number of anilines is 1. The lowest BCUT2D eigenvalue weighted by atomic mass is 10.2. The molecule has 0 bridgehead atoms. The van der Waals surface area contributed by atoms with E-state index in [0.717, 1.165) is 18.2 Å². The molecule has 0 atom stereocenters. The van der Waals surface area contributed by atoms with Gasteiger partial charge in [0.2, 0.25) is 5.91 Å². The van der Waals surface area contributed by atoms with E-state index in [1.54, 1.807) is 0 Å². The highest BCUT2D eigenvalue weighted by molar-refractivity contribution is 7.99. The number of benzene rings is 1. The zero-order valence-corrected chi connectivity index (χ0v) is 14.0. The van der Waals surface area contributed by atoms with Crippen LogP contribution in [0.5, 0.6) is 5.75 Å². The van der Waals surface area contributed by atoms with Gasteiger partial charge >= 0.3 is 0 Å². The van der Waals surface area contributed by atoms with Crippen molar-refractivity contribution in [2.75, 3.05) is 11.1 Å². The number of rotatable bonds is 6. The Bertz CT molecular complexity index is 764. The molecule has 0 radical (unpaired) electrons. The molecule has 122 valence electrons. The smallest absolute Gasteiger partial charge is 0.251 e. The van der Waals surface area contributed by atoms with Gasteiger partial charge in [-0.25, -0.2) is 4.98 Å². The fraction of sp³-hybridized carbons (Fsp3) is 0.267. The highest BCUT2D eigenvalue weighted by Crippen LogP contribution is 2.26. The van der Waals surface area contributed by atoms with Crippen molar-refractivity contribution in [1.29, 1.82) is 0 Å². The van der Waals surface area contributed by atoms with Crippen molar-refractivity contribution in [2.24, 2.45) is 0 Å². The number of hydrogen-bond donors (Lipinski definition) is 3. The Morgan fingerprint density at radius 3 is 2.96 bits per heavy atom. The minimum Gasteiger partial charge on any atom is -0.506 e. The summed E-state index contributed by atoms with van der Waals surface area (Å²) in [5, 5.41) is 13.0. The Labute approximate surface area is 142 Å². The van der Waals surface area contributed by atoms with Crippen LogP contribution in [0.1, 0.15) is 19.0 Å². The number of hydrogen-bond acceptors (Lipinski definition) is 5. The predicted octanol–water partition coefficient (Wildman–Crippen LogP) is 2.81. The van der Waals surface area contributed by atoms with Gasteiger partial charge in [-0.2, -0.15) is 0 Å². The molecule has 1 heterocycles. The van der Waals surface area contributed by atoms with E-state index >= 15 is 0 Å². The van der Waals surface area contributed by atoms with Crippen molar-refractivity contribution >= 4 is 35.0 Å². The third-order valence-corrected chi connectivity index (χ3v) is 3.96. The first kappa shape index (κ1) is 17.4. The third kappa shape index (κ3) is 5.30. The van der Waals surface area contributed by atoms with E-state index in [-0.39, 0.29) is 28.7 Å². The molecule has 0 spiro atoms. The maximum absolute atomic E-state index is 11.9. The SMILES string of the molecule is CCCc1cc(=O)[nH]c(SCC(=O)Nc2cc(Cl)ccc2O)n1. The number of aromatic nitrogens is 2. The molecule has 0 unspecified atom stereocenters. The van der Waals surface area contributed by atoms with Crippen LogP contribution in [-0.4, -0.2) is 26.7 Å². The normalized spacial score (nSPS) is 10.5. The zero-order valence-electron chi connectivity index (χ0n) is 12.4. The number of aryl methyl sites for hydroxylation is 1. The summed E-state index contributed by atoms with van der Waals surface area (Å²) in [6.07, 6.45) is 1.59. The number of amides is 1. The van der Waals surface area contributed by atoms with Gasteiger partial charge in [0.1, 0.15) is 5.75 Å². The highest BCUT2D eigenvalue weighted by Gasteiger charge is 2.09. The molecule has 1 amide bonds. The van der Waals surface area contributed by atoms with Crippen molar-refractivity contribution in [3.63, 3.8) is 0 Å². The summed E-state index contributed by atoms with van der Waals surface area (Å²) in [6.45, 7) is 2.00. The van der Waals surface area contributed by atoms with E-state index in [0.29, 0.717) is 22.3 Å². The van der Waals surface area contributed by atoms with E-state index < -0.39 is 0 Å². The van der Waals surface area contributed by atoms with Gasteiger partial charge in [-0.15, -0.1) is 0 Å². The fourth-order valence-electron chi connectivity index (χ4n) is 1.86. The summed E-state index contributed by atoms with van der Waals surface area (Å²) < 4.78 is 0. The fourth-order valence-corrected chi connectivity index (χ4v) is 2.73. The number of halogens is 1. The number of thioether (sulfide) groups is 1. The Morgan fingerprint density at radius 1 is 1.43 bits per heavy atom. The second-order valence-electron chi connectivity index (χ2n) is 4.79. The Morgan fingerprint density at radius 2 is 2.22 bits per heavy atom. The summed E-state index contributed by atoms with van der Waals surface area (Å²) in [4.78, 5) is 30.4. The maximum Gasteiger partial charge on any atom is 0.251 e. The Hall–Kier alpha value is -1.99. The lowest BCUT2D eigenvalue weighted by Gasteiger charge is -2.07. The van der Waals surface area contributed by atoms with Gasteiger partial charge in [0.05, 0.1) is 11.4 Å². The molecule has 0 fully saturated rings. The topological polar surface area (TPSA) is 95.1 Å². The van der Waals surface area contributed by atoms with Crippen molar-refractivity contribution in [1.82, 2.24) is 9.97 Å². The number of carbonyl (C=O) groups is 1. The minimum atomic E-state index is -0.337. The molecule has 0 aliphatic carbocycles. The number of nitrogens with zero attached hydrogens (tertiary/aromatic N) is 1. The van der Waals surface area contributed by atoms with Gasteiger partial charge in [-0.1, -0.05) is 36.7 Å². The van der Waals surface area contributed by atoms with E-state index in [1.807, 2.05) is 6.92 Å². The summed E-state index contributed by atoms with van der Waals surface area (Å²) in [6, 6.07) is 5.84. The van der Waals surface area contributed by atoms with Crippen molar-refractivity contribution in [3.8, 4) is 5.75 Å². The van der Waals surface area contributed by atoms with Gasteiger partial charge < -0.3 is 15.4 Å². The van der Waals surface area contributed by atoms with E-state index in [2.05, 4.69) is 15.3 Å². The lowest BCUT2D eigenvalue weighted by Crippen LogP contribution is -2.16. The molecular formula is C15H16ClN3O3S. The monoisotopic (exact) mass is 353 g/mol. The van der Waals surface area contributed by atoms with Crippen LogP contribution in [0.4, 0.5) is 5.69 Å². The maximum atomic E-state index is 11.9. The molecule has 1 aromatic carbocycles. The molecule has 0 aliphatic heterocycles. The average molecular weight is 354 g/mol. The summed E-state index contributed by atoms with van der Waals surface area (Å²) >= 11 is 6.94. The number of aromatic hydroxyl groups is 1. The van der Waals surface area contributed by atoms with Gasteiger partial charge in [-0.3, -0.25) is 9.59 Å². The molecule has 3 N–H and O–H groups in total. The van der Waals surface area contributed by atoms with E-state index in [1.165, 1.54) is 24.3 Å². The summed E-state index contributed by atoms with van der Waals surface area (Å²) in [5.74, 6) is -0.356. The number of H-pyrrole nitrogens is 1. The molecular weight excluding hydrogens is 338 g/mol. The second kappa shape index (κ2) is 8.03. The van der Waals surface area contributed by atoms with Gasteiger partial charge in [0, 0.05) is 16.8 Å². The van der Waals surface area contributed by atoms with Gasteiger partial charge in [0.25, 0.3) is 5.56 Å². The molecule has 0 saturated heterocycles. The van der Waals surface area contributed by atoms with Gasteiger partial charge in [-0.05, 0) is 24.6 Å². The van der Waals surface area contributed by atoms with Crippen LogP contribution in [0.3, 0.4) is 0 Å². The quantitative estimate of drug-likeness (QED) is 0.421. The molecule has 1 aromatic heterocycles. The number of phenolic OH excluding ortho intramolecular Hbond substituents is 1. The second-order valence-corrected chi connectivity index (χ2v) is 6.19. The predicted molar refractivity (Wildman–Crippen MR) is 91.3 cm³/mol. The molecule has 23 heavy (non-hydrogen) atoms. The van der Waals surface area contributed by atoms with Crippen LogP contribution < -0.4 is 10.9 Å². The largest absolute Gasteiger partial charge is 0.506 e. The molecule has 2 rings (SSSR count). The number of nitrogens with one attached hydrogen (secondary N) is 2. The van der Waals surface area contributed by atoms with Crippen molar-refractivity contribution in [2.45, 2.75) is 24.9 Å². The van der Waals surface area contributed by atoms with Gasteiger partial charge in [0.15, 0.2) is 5.16 Å².